The highest BCUT2D eigenvalue weighted by Crippen LogP contribution is 2.11. The summed E-state index contributed by atoms with van der Waals surface area (Å²) < 4.78 is 0. The van der Waals surface area contributed by atoms with Crippen molar-refractivity contribution in [2.24, 2.45) is 0 Å². The molecule has 9 heavy (non-hydrogen) atoms. The van der Waals surface area contributed by atoms with Gasteiger partial charge in [0.1, 0.15) is 0 Å². The first kappa shape index (κ1) is 8.68. The second-order valence-electron chi connectivity index (χ2n) is 0.833. The summed E-state index contributed by atoms with van der Waals surface area (Å²) in [6.45, 7) is 0. The first-order chi connectivity index (χ1) is 4.24. The van der Waals surface area contributed by atoms with Gasteiger partial charge in [0.05, 0.1) is 0 Å². The Morgan fingerprint density at radius 3 is 0.889 bits per heavy atom. The van der Waals surface area contributed by atoms with Crippen LogP contribution in [0, 0.1) is 0 Å². The average molecular weight is 140 g/mol. The van der Waals surface area contributed by atoms with E-state index in [1.807, 2.05) is 0 Å². The number of hydrogen-bond donors (Lipinski definition) is 0. The van der Waals surface area contributed by atoms with Crippen LogP contribution in [0.4, 0.5) is 0 Å². The first-order valence-corrected chi connectivity index (χ1v) is 1.48. The van der Waals surface area contributed by atoms with E-state index in [0.29, 0.717) is 0 Å². The van der Waals surface area contributed by atoms with Gasteiger partial charge < -0.3 is 0 Å². The molecule has 0 fully saturated rings. The van der Waals surface area contributed by atoms with Gasteiger partial charge in [0.15, 0.2) is 0 Å². The molecule has 0 bridgehead atoms. The Morgan fingerprint density at radius 1 is 0.667 bits per heavy atom. The van der Waals surface area contributed by atoms with Crippen molar-refractivity contribution in [3.8, 4) is 0 Å². The van der Waals surface area contributed by atoms with E-state index in [-0.39, 0.29) is 0 Å². The normalized spacial score (nSPS) is 12.0. The second kappa shape index (κ2) is 3.66. The van der Waals surface area contributed by atoms with Crippen molar-refractivity contribution in [3.05, 3.63) is 0 Å². The van der Waals surface area contributed by atoms with Crippen LogP contribution < -0.4 is 0 Å². The van der Waals surface area contributed by atoms with Gasteiger partial charge in [-0.2, -0.15) is 0 Å². The smallest absolute Gasteiger partial charge is 0.104 e. The van der Waals surface area contributed by atoms with Crippen LogP contribution in [0.1, 0.15) is 0 Å². The van der Waals surface area contributed by atoms with Crippen molar-refractivity contribution in [1.82, 2.24) is 0 Å². The molecule has 0 spiro atoms. The molecular weight excluding hydrogens is 140 g/mol. The van der Waals surface area contributed by atoms with Crippen LogP contribution in [-0.2, 0) is 40.6 Å². The third kappa shape index (κ3) is 1.82. The quantitative estimate of drug-likeness (QED) is 0.284. The molecule has 0 aliphatic rings. The van der Waals surface area contributed by atoms with Gasteiger partial charge >= 0.3 is 6.16 Å². The van der Waals surface area contributed by atoms with Gasteiger partial charge in [-0.15, -0.1) is 19.6 Å². The van der Waals surface area contributed by atoms with Gasteiger partial charge in [-0.3, -0.25) is 0 Å². The Balaban J connectivity index is 3.82. The fraction of sp³-hybridized carbons (Fsp3) is 1.00. The van der Waals surface area contributed by atoms with E-state index in [2.05, 4.69) is 19.6 Å². The SMILES string of the molecule is [O]OC(O[O])(O[O])O[O]. The molecule has 0 N–H and O–H groups in total. The zero-order valence-electron chi connectivity index (χ0n) is 3.77. The molecule has 0 aliphatic heterocycles. The topological polar surface area (TPSA) is 117 Å². The minimum Gasteiger partial charge on any atom is -0.104 e. The predicted molar refractivity (Wildman–Crippen MR) is 9.82 cm³/mol. The molecule has 0 aromatic carbocycles. The second-order valence-corrected chi connectivity index (χ2v) is 0.833. The molecule has 0 unspecified atom stereocenters. The summed E-state index contributed by atoms with van der Waals surface area (Å²) >= 11 is 0. The van der Waals surface area contributed by atoms with Gasteiger partial charge in [0.25, 0.3) is 0 Å². The molecule has 8 heteroatoms. The summed E-state index contributed by atoms with van der Waals surface area (Å²) in [6, 6.07) is 0. The maximum absolute atomic E-state index is 9.17. The van der Waals surface area contributed by atoms with E-state index in [4.69, 9.17) is 0 Å². The first-order valence-electron chi connectivity index (χ1n) is 1.48. The number of rotatable bonds is 4. The predicted octanol–water partition coefficient (Wildman–Crippen LogP) is -0.954. The largest absolute Gasteiger partial charge is 0.529 e. The van der Waals surface area contributed by atoms with E-state index < -0.39 is 6.16 Å². The zero-order chi connectivity index (χ0) is 7.33. The van der Waals surface area contributed by atoms with E-state index in [1.54, 1.807) is 0 Å². The molecule has 0 rings (SSSR count). The van der Waals surface area contributed by atoms with Gasteiger partial charge in [0.2, 0.25) is 0 Å². The third-order valence-electron chi connectivity index (χ3n) is 0.408. The van der Waals surface area contributed by atoms with Crippen LogP contribution in [0.15, 0.2) is 0 Å². The van der Waals surface area contributed by atoms with Gasteiger partial charge in [-0.05, 0) is 21.0 Å². The molecule has 0 aliphatic carbocycles. The van der Waals surface area contributed by atoms with E-state index >= 15 is 0 Å². The molecule has 52 valence electrons. The lowest BCUT2D eigenvalue weighted by Crippen LogP contribution is -2.36. The van der Waals surface area contributed by atoms with Crippen molar-refractivity contribution in [2.75, 3.05) is 0 Å². The van der Waals surface area contributed by atoms with E-state index in [9.17, 15) is 21.0 Å². The Morgan fingerprint density at radius 2 is 0.889 bits per heavy atom. The molecule has 0 saturated carbocycles. The van der Waals surface area contributed by atoms with Crippen molar-refractivity contribution in [1.29, 1.82) is 0 Å². The molecule has 0 saturated heterocycles. The molecule has 0 aromatic heterocycles. The lowest BCUT2D eigenvalue weighted by Gasteiger charge is -2.10. The Kier molecular flexibility index (Phi) is 3.53. The third-order valence-corrected chi connectivity index (χ3v) is 0.408. The van der Waals surface area contributed by atoms with Crippen molar-refractivity contribution in [2.45, 2.75) is 6.16 Å². The fourth-order valence-corrected chi connectivity index (χ4v) is 0.0833. The van der Waals surface area contributed by atoms with E-state index in [1.165, 1.54) is 0 Å². The Labute approximate surface area is 48.1 Å². The monoisotopic (exact) mass is 140 g/mol. The molecule has 0 heterocycles. The highest BCUT2D eigenvalue weighted by molar-refractivity contribution is 4.17. The summed E-state index contributed by atoms with van der Waals surface area (Å²) in [4.78, 5) is 10.1. The molecule has 8 nitrogen and oxygen atoms in total. The van der Waals surface area contributed by atoms with Crippen LogP contribution in [0.5, 0.6) is 0 Å². The minimum absolute atomic E-state index is 2.53. The van der Waals surface area contributed by atoms with E-state index in [0.717, 1.165) is 0 Å². The molecule has 0 atom stereocenters. The van der Waals surface area contributed by atoms with Crippen molar-refractivity contribution in [3.63, 3.8) is 0 Å². The minimum atomic E-state index is -3.56. The molecule has 0 amide bonds. The van der Waals surface area contributed by atoms with Crippen LogP contribution in [0.25, 0.3) is 0 Å². The maximum atomic E-state index is 9.17. The fourth-order valence-electron chi connectivity index (χ4n) is 0.0833. The van der Waals surface area contributed by atoms with Gasteiger partial charge in [0, 0.05) is 0 Å². The molecule has 4 radical (unpaired) electrons. The Hall–Kier alpha value is -0.320. The summed E-state index contributed by atoms with van der Waals surface area (Å²) in [6.07, 6.45) is -3.56. The average Bonchev–Trinajstić information content (AvgIpc) is 1.95. The summed E-state index contributed by atoms with van der Waals surface area (Å²) in [5, 5.41) is 36.7. The van der Waals surface area contributed by atoms with Crippen molar-refractivity contribution < 1.29 is 40.6 Å². The van der Waals surface area contributed by atoms with Gasteiger partial charge in [-0.25, -0.2) is 0 Å². The lowest BCUT2D eigenvalue weighted by atomic mass is 11.2. The van der Waals surface area contributed by atoms with Crippen LogP contribution in [-0.4, -0.2) is 6.16 Å². The number of hydrogen-bond acceptors (Lipinski definition) is 4. The standard InChI is InChI=1S/CO8/c2-6-1(7-3,8-4)9-5. The van der Waals surface area contributed by atoms with Gasteiger partial charge in [-0.1, -0.05) is 0 Å². The molecular formula is CO8. The lowest BCUT2D eigenvalue weighted by molar-refractivity contribution is -0.755. The Bertz CT molecular complexity index is 47.5. The van der Waals surface area contributed by atoms with Crippen molar-refractivity contribution >= 4 is 0 Å². The van der Waals surface area contributed by atoms with Crippen LogP contribution in [0.2, 0.25) is 0 Å². The summed E-state index contributed by atoms with van der Waals surface area (Å²) in [7, 11) is 0. The zero-order valence-corrected chi connectivity index (χ0v) is 3.77. The maximum Gasteiger partial charge on any atom is 0.529 e. The summed E-state index contributed by atoms with van der Waals surface area (Å²) in [5.74, 6) is 0. The highest BCUT2D eigenvalue weighted by Gasteiger charge is 2.42. The molecule has 0 aromatic rings. The van der Waals surface area contributed by atoms with Crippen LogP contribution in [0.3, 0.4) is 0 Å². The summed E-state index contributed by atoms with van der Waals surface area (Å²) in [5.41, 5.74) is 0. The van der Waals surface area contributed by atoms with Crippen LogP contribution >= 0.6 is 0 Å². The highest BCUT2D eigenvalue weighted by atomic mass is 17.4.